The van der Waals surface area contributed by atoms with Crippen molar-refractivity contribution in [1.29, 1.82) is 0 Å². The van der Waals surface area contributed by atoms with E-state index in [9.17, 15) is 0 Å². The third-order valence-corrected chi connectivity index (χ3v) is 7.73. The van der Waals surface area contributed by atoms with Crippen LogP contribution in [0.2, 0.25) is 0 Å². The van der Waals surface area contributed by atoms with Crippen LogP contribution < -0.4 is 9.47 Å². The van der Waals surface area contributed by atoms with Gasteiger partial charge in [0.1, 0.15) is 12.7 Å². The minimum atomic E-state index is 0. The van der Waals surface area contributed by atoms with Crippen LogP contribution in [0.5, 0.6) is 23.0 Å². The fourth-order valence-electron chi connectivity index (χ4n) is 5.36. The van der Waals surface area contributed by atoms with Crippen molar-refractivity contribution in [2.24, 2.45) is 0 Å². The molecular weight excluding hydrogens is 975 g/mol. The van der Waals surface area contributed by atoms with Gasteiger partial charge in [0.25, 0.3) is 0 Å². The van der Waals surface area contributed by atoms with Gasteiger partial charge in [0.05, 0.1) is 0 Å². The Balaban J connectivity index is 0.00000208. The fourth-order valence-corrected chi connectivity index (χ4v) is 5.36. The average molecular weight is 999 g/mol. The van der Waals surface area contributed by atoms with Crippen LogP contribution in [0.25, 0.3) is 50.3 Å². The molecule has 242 valence electrons. The Bertz CT molecular complexity index is 2240. The quantitative estimate of drug-likeness (QED) is 0.148. The van der Waals surface area contributed by atoms with Crippen molar-refractivity contribution >= 4 is 21.8 Å². The van der Waals surface area contributed by atoms with Crippen LogP contribution in [-0.4, -0.2) is 29.5 Å². The Labute approximate surface area is 311 Å². The van der Waals surface area contributed by atoms with E-state index in [4.69, 9.17) is 9.47 Å². The van der Waals surface area contributed by atoms with Crippen molar-refractivity contribution in [2.45, 2.75) is 13.8 Å². The summed E-state index contributed by atoms with van der Waals surface area (Å²) in [5.74, 6) is 2.63. The van der Waals surface area contributed by atoms with Crippen molar-refractivity contribution in [3.05, 3.63) is 145 Å². The molecule has 0 aliphatic rings. The van der Waals surface area contributed by atoms with Crippen molar-refractivity contribution < 1.29 is 51.6 Å². The molecule has 0 spiro atoms. The van der Waals surface area contributed by atoms with E-state index < -0.39 is 0 Å². The summed E-state index contributed by atoms with van der Waals surface area (Å²) < 4.78 is 14.6. The van der Waals surface area contributed by atoms with Crippen LogP contribution in [0, 0.1) is 38.1 Å². The van der Waals surface area contributed by atoms with E-state index in [1.54, 1.807) is 12.4 Å². The molecule has 0 aliphatic carbocycles. The van der Waals surface area contributed by atoms with Crippen LogP contribution in [0.1, 0.15) is 11.1 Å². The maximum Gasteiger partial charge on any atom is 2.00 e. The first-order chi connectivity index (χ1) is 23.1. The van der Waals surface area contributed by atoms with E-state index in [2.05, 4.69) is 49.2 Å². The predicted octanol–water partition coefficient (Wildman–Crippen LogP) is 8.49. The molecule has 0 aliphatic heterocycles. The molecule has 0 bridgehead atoms. The number of rotatable bonds is 7. The third-order valence-electron chi connectivity index (χ3n) is 7.73. The molecular formula is C39H24N6O2Pt2. The molecule has 0 unspecified atom stereocenters. The van der Waals surface area contributed by atoms with E-state index in [1.165, 1.54) is 12.7 Å². The summed E-state index contributed by atoms with van der Waals surface area (Å²) >= 11 is 0. The Morgan fingerprint density at radius 3 is 1.47 bits per heavy atom. The van der Waals surface area contributed by atoms with Crippen molar-refractivity contribution in [3.63, 3.8) is 0 Å². The van der Waals surface area contributed by atoms with Crippen LogP contribution in [0.15, 0.2) is 110 Å². The van der Waals surface area contributed by atoms with E-state index >= 15 is 0 Å². The summed E-state index contributed by atoms with van der Waals surface area (Å²) in [5.41, 5.74) is 6.62. The van der Waals surface area contributed by atoms with Crippen LogP contribution >= 0.6 is 0 Å². The molecule has 0 amide bonds. The number of aromatic nitrogens is 6. The Hall–Kier alpha value is -5.03. The first-order valence-electron chi connectivity index (χ1n) is 14.9. The number of aryl methyl sites for hydroxylation is 2. The number of fused-ring (bicyclic) bond motifs is 3. The Morgan fingerprint density at radius 1 is 0.531 bits per heavy atom. The summed E-state index contributed by atoms with van der Waals surface area (Å²) in [6.07, 6.45) is 6.45. The number of hydrogen-bond donors (Lipinski definition) is 0. The molecule has 0 saturated carbocycles. The first kappa shape index (κ1) is 33.9. The molecule has 0 radical (unpaired) electrons. The largest absolute Gasteiger partial charge is 2.00 e. The zero-order valence-electron chi connectivity index (χ0n) is 26.0. The summed E-state index contributed by atoms with van der Waals surface area (Å²) in [4.78, 5) is 21.9. The zero-order chi connectivity index (χ0) is 31.7. The maximum atomic E-state index is 6.38. The van der Waals surface area contributed by atoms with Gasteiger partial charge in [-0.25, -0.2) is 15.0 Å². The second kappa shape index (κ2) is 14.6. The van der Waals surface area contributed by atoms with Crippen molar-refractivity contribution in [1.82, 2.24) is 29.5 Å². The van der Waals surface area contributed by atoms with E-state index in [-0.39, 0.29) is 42.1 Å². The molecule has 0 N–H and O–H groups in total. The van der Waals surface area contributed by atoms with Gasteiger partial charge < -0.3 is 24.0 Å². The molecule has 8 aromatic rings. The maximum absolute atomic E-state index is 6.38. The zero-order valence-corrected chi connectivity index (χ0v) is 30.6. The molecule has 0 fully saturated rings. The van der Waals surface area contributed by atoms with Crippen molar-refractivity contribution in [3.8, 4) is 51.5 Å². The normalized spacial score (nSPS) is 10.7. The van der Waals surface area contributed by atoms with Crippen molar-refractivity contribution in [2.75, 3.05) is 0 Å². The van der Waals surface area contributed by atoms with Gasteiger partial charge in [-0.05, 0) is 23.5 Å². The summed E-state index contributed by atoms with van der Waals surface area (Å²) in [5, 5.41) is 1.86. The number of ether oxygens (including phenoxy) is 2. The van der Waals surface area contributed by atoms with E-state index in [1.807, 2.05) is 103 Å². The SMILES string of the molecule is Cc1ccc(-c2ccccn2)[c-]c1Oc1[c-]c2c(cc1)c1ccc(Oc3[c-]c(-c4ccccn4)ccc3C)[c-]c1n2-c1ncncn1.[Pt+2].[Pt+2]. The third kappa shape index (κ3) is 6.80. The molecule has 0 saturated heterocycles. The molecule has 8 nitrogen and oxygen atoms in total. The minimum Gasteiger partial charge on any atom is -0.503 e. The van der Waals surface area contributed by atoms with Gasteiger partial charge in [0.2, 0.25) is 5.95 Å². The molecule has 49 heavy (non-hydrogen) atoms. The summed E-state index contributed by atoms with van der Waals surface area (Å²) in [7, 11) is 0. The van der Waals surface area contributed by atoms with Crippen LogP contribution in [0.3, 0.4) is 0 Å². The fraction of sp³-hybridized carbons (Fsp3) is 0.0513. The van der Waals surface area contributed by atoms with Gasteiger partial charge in [0, 0.05) is 35.4 Å². The van der Waals surface area contributed by atoms with Gasteiger partial charge in [-0.15, -0.1) is 59.7 Å². The molecule has 0 atom stereocenters. The smallest absolute Gasteiger partial charge is 0.503 e. The first-order valence-corrected chi connectivity index (χ1v) is 14.9. The van der Waals surface area contributed by atoms with Gasteiger partial charge in [-0.2, -0.15) is 22.9 Å². The number of benzene rings is 4. The van der Waals surface area contributed by atoms with Gasteiger partial charge >= 0.3 is 42.1 Å². The second-order valence-corrected chi connectivity index (χ2v) is 10.8. The van der Waals surface area contributed by atoms with Crippen LogP contribution in [0.4, 0.5) is 0 Å². The van der Waals surface area contributed by atoms with Gasteiger partial charge in [-0.3, -0.25) is 0 Å². The molecule has 4 heterocycles. The Kier molecular flexibility index (Phi) is 10.1. The Morgan fingerprint density at radius 2 is 1.02 bits per heavy atom. The summed E-state index contributed by atoms with van der Waals surface area (Å²) in [6.45, 7) is 3.96. The van der Waals surface area contributed by atoms with Gasteiger partial charge in [-0.1, -0.05) is 72.4 Å². The topological polar surface area (TPSA) is 87.8 Å². The summed E-state index contributed by atoms with van der Waals surface area (Å²) in [6, 6.07) is 41.0. The molecule has 4 aromatic heterocycles. The van der Waals surface area contributed by atoms with E-state index in [0.717, 1.165) is 55.4 Å². The van der Waals surface area contributed by atoms with Crippen LogP contribution in [-0.2, 0) is 42.1 Å². The number of nitrogens with zero attached hydrogens (tertiary/aromatic N) is 6. The molecule has 4 aromatic carbocycles. The molecule has 10 heteroatoms. The minimum absolute atomic E-state index is 0. The second-order valence-electron chi connectivity index (χ2n) is 10.8. The number of hydrogen-bond acceptors (Lipinski definition) is 7. The molecule has 8 rings (SSSR count). The van der Waals surface area contributed by atoms with Gasteiger partial charge in [0.15, 0.2) is 0 Å². The number of pyridine rings is 2. The predicted molar refractivity (Wildman–Crippen MR) is 178 cm³/mol. The standard InChI is InChI=1S/C39H24N6O2.2Pt/c1-25-9-11-27(33-7-3-5-17-41-33)19-37(25)46-29-13-15-31-32-16-14-30(22-36(32)45(35(31)21-29)39-43-23-40-24-44-39)47-38-20-28(12-10-26(38)2)34-8-4-6-18-42-34;;/h3-18,23-24H,1-2H3;;/q-4;2*+2. The monoisotopic (exact) mass is 998 g/mol. The average Bonchev–Trinajstić information content (AvgIpc) is 3.44. The van der Waals surface area contributed by atoms with E-state index in [0.29, 0.717) is 28.9 Å².